The number of carboxylic acid groups (broad SMARTS) is 1. The summed E-state index contributed by atoms with van der Waals surface area (Å²) < 4.78 is 4.56. The molecule has 1 aromatic carbocycles. The molecule has 0 aliphatic carbocycles. The van der Waals surface area contributed by atoms with Crippen LogP contribution in [0.2, 0.25) is 0 Å². The summed E-state index contributed by atoms with van der Waals surface area (Å²) in [5, 5.41) is 8.28. The minimum Gasteiger partial charge on any atom is -0.481 e. The highest BCUT2D eigenvalue weighted by molar-refractivity contribution is 5.90. The monoisotopic (exact) mass is 206 g/mol. The quantitative estimate of drug-likeness (QED) is 0.462. The molecule has 0 aromatic heterocycles. The number of hydrogen-bond acceptors (Lipinski definition) is 3. The third kappa shape index (κ3) is 4.61. The van der Waals surface area contributed by atoms with Gasteiger partial charge < -0.3 is 9.84 Å². The van der Waals surface area contributed by atoms with Crippen molar-refractivity contribution in [2.75, 3.05) is 0 Å². The predicted molar refractivity (Wildman–Crippen MR) is 53.8 cm³/mol. The SMILES string of the molecule is O=C(O)CC(=O)OC=Cc1ccccc1. The van der Waals surface area contributed by atoms with Crippen LogP contribution in [0.3, 0.4) is 0 Å². The van der Waals surface area contributed by atoms with Gasteiger partial charge in [0.15, 0.2) is 0 Å². The van der Waals surface area contributed by atoms with Crippen molar-refractivity contribution in [2.45, 2.75) is 6.42 Å². The molecule has 0 saturated carbocycles. The molecule has 0 fully saturated rings. The van der Waals surface area contributed by atoms with Gasteiger partial charge in [0.05, 0.1) is 6.26 Å². The van der Waals surface area contributed by atoms with Crippen molar-refractivity contribution in [1.82, 2.24) is 0 Å². The molecule has 0 atom stereocenters. The Morgan fingerprint density at radius 1 is 1.27 bits per heavy atom. The zero-order valence-electron chi connectivity index (χ0n) is 7.92. The normalized spacial score (nSPS) is 10.1. The lowest BCUT2D eigenvalue weighted by atomic mass is 10.2. The van der Waals surface area contributed by atoms with Crippen molar-refractivity contribution in [3.05, 3.63) is 42.2 Å². The maximum absolute atomic E-state index is 10.8. The Balaban J connectivity index is 2.40. The van der Waals surface area contributed by atoms with Gasteiger partial charge in [0, 0.05) is 0 Å². The Morgan fingerprint density at radius 3 is 2.53 bits per heavy atom. The maximum atomic E-state index is 10.8. The van der Waals surface area contributed by atoms with E-state index >= 15 is 0 Å². The Morgan fingerprint density at radius 2 is 1.93 bits per heavy atom. The second-order valence-electron chi connectivity index (χ2n) is 2.77. The average Bonchev–Trinajstić information content (AvgIpc) is 2.18. The number of rotatable bonds is 4. The molecule has 4 nitrogen and oxygen atoms in total. The molecule has 0 amide bonds. The van der Waals surface area contributed by atoms with E-state index in [1.54, 1.807) is 6.08 Å². The molecule has 15 heavy (non-hydrogen) atoms. The molecule has 0 bridgehead atoms. The van der Waals surface area contributed by atoms with Gasteiger partial charge in [0.2, 0.25) is 0 Å². The van der Waals surface area contributed by atoms with Gasteiger partial charge in [-0.1, -0.05) is 30.3 Å². The molecule has 0 aliphatic rings. The number of carbonyl (C=O) groups is 2. The van der Waals surface area contributed by atoms with Crippen LogP contribution < -0.4 is 0 Å². The number of aliphatic carboxylic acids is 1. The van der Waals surface area contributed by atoms with Crippen molar-refractivity contribution in [3.8, 4) is 0 Å². The number of carboxylic acids is 1. The fourth-order valence-electron chi connectivity index (χ4n) is 0.918. The van der Waals surface area contributed by atoms with Crippen LogP contribution in [-0.2, 0) is 14.3 Å². The first-order valence-electron chi connectivity index (χ1n) is 4.31. The van der Waals surface area contributed by atoms with E-state index in [2.05, 4.69) is 4.74 Å². The van der Waals surface area contributed by atoms with Gasteiger partial charge in [0.25, 0.3) is 0 Å². The molecule has 0 heterocycles. The van der Waals surface area contributed by atoms with E-state index in [-0.39, 0.29) is 0 Å². The van der Waals surface area contributed by atoms with E-state index in [0.29, 0.717) is 0 Å². The molecular weight excluding hydrogens is 196 g/mol. The Hall–Kier alpha value is -2.10. The number of benzene rings is 1. The molecule has 78 valence electrons. The molecular formula is C11H10O4. The fraction of sp³-hybridized carbons (Fsp3) is 0.0909. The second-order valence-corrected chi connectivity index (χ2v) is 2.77. The first-order chi connectivity index (χ1) is 7.18. The second kappa shape index (κ2) is 5.59. The van der Waals surface area contributed by atoms with Crippen molar-refractivity contribution >= 4 is 18.0 Å². The lowest BCUT2D eigenvalue weighted by molar-refractivity contribution is -0.147. The van der Waals surface area contributed by atoms with Crippen molar-refractivity contribution in [3.63, 3.8) is 0 Å². The molecule has 0 spiro atoms. The number of esters is 1. The third-order valence-corrected chi connectivity index (χ3v) is 1.56. The molecule has 0 aliphatic heterocycles. The van der Waals surface area contributed by atoms with Crippen LogP contribution in [0.4, 0.5) is 0 Å². The van der Waals surface area contributed by atoms with E-state index in [1.165, 1.54) is 6.26 Å². The highest BCUT2D eigenvalue weighted by atomic mass is 16.5. The molecule has 1 aromatic rings. The summed E-state index contributed by atoms with van der Waals surface area (Å²) in [6, 6.07) is 9.23. The minimum atomic E-state index is -1.20. The minimum absolute atomic E-state index is 0.626. The number of carbonyl (C=O) groups excluding carboxylic acids is 1. The van der Waals surface area contributed by atoms with Gasteiger partial charge in [-0.3, -0.25) is 9.59 Å². The fourth-order valence-corrected chi connectivity index (χ4v) is 0.918. The molecule has 4 heteroatoms. The summed E-state index contributed by atoms with van der Waals surface area (Å²) in [5.74, 6) is -1.98. The maximum Gasteiger partial charge on any atom is 0.321 e. The first-order valence-corrected chi connectivity index (χ1v) is 4.31. The zero-order chi connectivity index (χ0) is 11.1. The zero-order valence-corrected chi connectivity index (χ0v) is 7.92. The van der Waals surface area contributed by atoms with Crippen LogP contribution in [0.15, 0.2) is 36.6 Å². The molecule has 0 saturated heterocycles. The Kier molecular flexibility index (Phi) is 4.09. The summed E-state index contributed by atoms with van der Waals surface area (Å²) in [6.45, 7) is 0. The van der Waals surface area contributed by atoms with E-state index < -0.39 is 18.4 Å². The van der Waals surface area contributed by atoms with E-state index in [4.69, 9.17) is 5.11 Å². The van der Waals surface area contributed by atoms with Gasteiger partial charge in [0.1, 0.15) is 6.42 Å². The summed E-state index contributed by atoms with van der Waals surface area (Å²) in [6.07, 6.45) is 2.14. The van der Waals surface area contributed by atoms with Gasteiger partial charge in [-0.25, -0.2) is 0 Å². The molecule has 0 radical (unpaired) electrons. The molecule has 0 unspecified atom stereocenters. The summed E-state index contributed by atoms with van der Waals surface area (Å²) >= 11 is 0. The van der Waals surface area contributed by atoms with E-state index in [9.17, 15) is 9.59 Å². The first kappa shape index (κ1) is 11.0. The van der Waals surface area contributed by atoms with Gasteiger partial charge in [-0.15, -0.1) is 0 Å². The molecule has 1 rings (SSSR count). The van der Waals surface area contributed by atoms with Crippen LogP contribution in [0.5, 0.6) is 0 Å². The van der Waals surface area contributed by atoms with Crippen LogP contribution in [0.25, 0.3) is 6.08 Å². The number of hydrogen-bond donors (Lipinski definition) is 1. The lowest BCUT2D eigenvalue weighted by Crippen LogP contribution is -2.07. The summed E-state index contributed by atoms with van der Waals surface area (Å²) in [5.41, 5.74) is 0.876. The largest absolute Gasteiger partial charge is 0.481 e. The summed E-state index contributed by atoms with van der Waals surface area (Å²) in [4.78, 5) is 20.9. The van der Waals surface area contributed by atoms with Gasteiger partial charge in [-0.2, -0.15) is 0 Å². The standard InChI is InChI=1S/C11H10O4/c12-10(13)8-11(14)15-7-6-9-4-2-1-3-5-9/h1-7H,8H2,(H,12,13). The smallest absolute Gasteiger partial charge is 0.321 e. The number of ether oxygens (including phenoxy) is 1. The Labute approximate surface area is 86.8 Å². The van der Waals surface area contributed by atoms with Gasteiger partial charge in [-0.05, 0) is 11.6 Å². The van der Waals surface area contributed by atoms with E-state index in [0.717, 1.165) is 5.56 Å². The highest BCUT2D eigenvalue weighted by Gasteiger charge is 2.06. The molecule has 1 N–H and O–H groups in total. The lowest BCUT2D eigenvalue weighted by Gasteiger charge is -1.95. The van der Waals surface area contributed by atoms with Crippen LogP contribution >= 0.6 is 0 Å². The van der Waals surface area contributed by atoms with Gasteiger partial charge >= 0.3 is 11.9 Å². The third-order valence-electron chi connectivity index (χ3n) is 1.56. The predicted octanol–water partition coefficient (Wildman–Crippen LogP) is 1.68. The Bertz CT molecular complexity index is 367. The van der Waals surface area contributed by atoms with Crippen molar-refractivity contribution < 1.29 is 19.4 Å². The van der Waals surface area contributed by atoms with Crippen LogP contribution in [0.1, 0.15) is 12.0 Å². The average molecular weight is 206 g/mol. The van der Waals surface area contributed by atoms with Crippen molar-refractivity contribution in [2.24, 2.45) is 0 Å². The van der Waals surface area contributed by atoms with Crippen molar-refractivity contribution in [1.29, 1.82) is 0 Å². The van der Waals surface area contributed by atoms with Crippen LogP contribution in [-0.4, -0.2) is 17.0 Å². The van der Waals surface area contributed by atoms with Crippen LogP contribution in [0, 0.1) is 0 Å². The topological polar surface area (TPSA) is 63.6 Å². The van der Waals surface area contributed by atoms with E-state index in [1.807, 2.05) is 30.3 Å². The summed E-state index contributed by atoms with van der Waals surface area (Å²) in [7, 11) is 0. The highest BCUT2D eigenvalue weighted by Crippen LogP contribution is 2.01.